The fraction of sp³-hybridized carbons (Fsp3) is 0.333. The molecule has 1 unspecified atom stereocenters. The molecule has 1 aliphatic rings. The number of aromatic nitrogens is 5. The fourth-order valence-electron chi connectivity index (χ4n) is 3.79. The van der Waals surface area contributed by atoms with Crippen molar-refractivity contribution in [3.8, 4) is 11.5 Å². The van der Waals surface area contributed by atoms with E-state index in [0.717, 1.165) is 48.6 Å². The number of rotatable bonds is 5. The summed E-state index contributed by atoms with van der Waals surface area (Å²) in [6.07, 6.45) is 1.84. The van der Waals surface area contributed by atoms with Crippen molar-refractivity contribution in [1.29, 1.82) is 0 Å². The average molecular weight is 441 g/mol. The van der Waals surface area contributed by atoms with Gasteiger partial charge >= 0.3 is 0 Å². The van der Waals surface area contributed by atoms with Gasteiger partial charge in [-0.25, -0.2) is 9.97 Å². The summed E-state index contributed by atoms with van der Waals surface area (Å²) in [6, 6.07) is 10.3. The third kappa shape index (κ3) is 4.53. The summed E-state index contributed by atoms with van der Waals surface area (Å²) in [4.78, 5) is 19.2. The third-order valence-corrected chi connectivity index (χ3v) is 5.47. The zero-order valence-electron chi connectivity index (χ0n) is 17.4. The number of pyridine rings is 1. The number of aryl methyl sites for hydroxylation is 1. The maximum atomic E-state index is 5.26. The second-order valence-electron chi connectivity index (χ2n) is 7.53. The summed E-state index contributed by atoms with van der Waals surface area (Å²) in [5, 5.41) is 10.5. The zero-order valence-corrected chi connectivity index (χ0v) is 18.2. The number of hydrogen-bond donors (Lipinski definition) is 3. The number of nitrogens with one attached hydrogen (secondary N) is 3. The van der Waals surface area contributed by atoms with Crippen LogP contribution in [0.3, 0.4) is 0 Å². The number of H-pyrrole nitrogens is 1. The Bertz CT molecular complexity index is 1170. The van der Waals surface area contributed by atoms with E-state index >= 15 is 0 Å². The van der Waals surface area contributed by atoms with Crippen molar-refractivity contribution in [3.05, 3.63) is 47.9 Å². The van der Waals surface area contributed by atoms with Crippen LogP contribution in [-0.4, -0.2) is 56.2 Å². The summed E-state index contributed by atoms with van der Waals surface area (Å²) < 4.78 is 5.26. The first-order valence-electron chi connectivity index (χ1n) is 10.1. The van der Waals surface area contributed by atoms with E-state index in [1.165, 1.54) is 5.56 Å². The first kappa shape index (κ1) is 21.2. The number of hydrogen-bond acceptors (Lipinski definition) is 8. The molecule has 0 radical (unpaired) electrons. The van der Waals surface area contributed by atoms with Crippen LogP contribution >= 0.6 is 12.4 Å². The molecule has 1 saturated heterocycles. The molecular weight excluding hydrogens is 416 g/mol. The lowest BCUT2D eigenvalue weighted by Gasteiger charge is -2.33. The topological polar surface area (TPSA) is 108 Å². The standard InChI is InChI=1S/C21H24N8O.ClH/c1-13(29-9-7-22-8-10-29)15-5-6-23-19(12-15)27-21-25-17-4-3-16(11-18(17)26-21)20-24-14(2)28-30-20;/h3-6,11-13,22H,7-10H2,1-2H3,(H2,23,25,26,27);1H. The van der Waals surface area contributed by atoms with Gasteiger partial charge in [-0.3, -0.25) is 4.90 Å². The van der Waals surface area contributed by atoms with Crippen molar-refractivity contribution in [2.75, 3.05) is 31.5 Å². The molecule has 0 saturated carbocycles. The third-order valence-electron chi connectivity index (χ3n) is 5.47. The molecule has 1 aliphatic heterocycles. The van der Waals surface area contributed by atoms with Crippen molar-refractivity contribution in [2.45, 2.75) is 19.9 Å². The molecule has 162 valence electrons. The van der Waals surface area contributed by atoms with E-state index in [9.17, 15) is 0 Å². The van der Waals surface area contributed by atoms with Gasteiger partial charge in [-0.05, 0) is 49.7 Å². The van der Waals surface area contributed by atoms with Crippen LogP contribution < -0.4 is 10.6 Å². The van der Waals surface area contributed by atoms with Crippen molar-refractivity contribution >= 4 is 35.2 Å². The van der Waals surface area contributed by atoms with E-state index in [-0.39, 0.29) is 12.4 Å². The van der Waals surface area contributed by atoms with Gasteiger partial charge in [0.2, 0.25) is 5.95 Å². The van der Waals surface area contributed by atoms with Gasteiger partial charge in [0, 0.05) is 44.0 Å². The minimum Gasteiger partial charge on any atom is -0.334 e. The quantitative estimate of drug-likeness (QED) is 0.433. The van der Waals surface area contributed by atoms with Crippen molar-refractivity contribution in [2.24, 2.45) is 0 Å². The van der Waals surface area contributed by atoms with E-state index in [1.54, 1.807) is 6.92 Å². The number of anilines is 2. The molecule has 31 heavy (non-hydrogen) atoms. The summed E-state index contributed by atoms with van der Waals surface area (Å²) in [5.41, 5.74) is 3.82. The highest BCUT2D eigenvalue weighted by Crippen LogP contribution is 2.26. The van der Waals surface area contributed by atoms with Crippen molar-refractivity contribution in [1.82, 2.24) is 35.3 Å². The zero-order chi connectivity index (χ0) is 20.5. The van der Waals surface area contributed by atoms with Gasteiger partial charge in [-0.1, -0.05) is 5.16 Å². The summed E-state index contributed by atoms with van der Waals surface area (Å²) in [5.74, 6) is 2.51. The molecule has 0 amide bonds. The maximum absolute atomic E-state index is 5.26. The lowest BCUT2D eigenvalue weighted by molar-refractivity contribution is 0.185. The highest BCUT2D eigenvalue weighted by Gasteiger charge is 2.18. The lowest BCUT2D eigenvalue weighted by Crippen LogP contribution is -2.44. The molecule has 0 aliphatic carbocycles. The largest absolute Gasteiger partial charge is 0.334 e. The number of fused-ring (bicyclic) bond motifs is 1. The van der Waals surface area contributed by atoms with Crippen molar-refractivity contribution < 1.29 is 4.52 Å². The normalized spacial score (nSPS) is 15.5. The van der Waals surface area contributed by atoms with Crippen LogP contribution in [0.15, 0.2) is 41.1 Å². The van der Waals surface area contributed by atoms with E-state index in [2.05, 4.69) is 59.7 Å². The minimum atomic E-state index is 0. The molecule has 0 spiro atoms. The average Bonchev–Trinajstić information content (AvgIpc) is 3.39. The molecule has 3 N–H and O–H groups in total. The molecule has 0 bridgehead atoms. The number of halogens is 1. The second kappa shape index (κ2) is 9.01. The van der Waals surface area contributed by atoms with Crippen LogP contribution in [0.5, 0.6) is 0 Å². The Labute approximate surface area is 186 Å². The summed E-state index contributed by atoms with van der Waals surface area (Å²) in [7, 11) is 0. The number of piperazine rings is 1. The van der Waals surface area contributed by atoms with Crippen LogP contribution in [0.2, 0.25) is 0 Å². The molecule has 9 nitrogen and oxygen atoms in total. The van der Waals surface area contributed by atoms with Gasteiger partial charge in [-0.15, -0.1) is 12.4 Å². The van der Waals surface area contributed by atoms with Gasteiger partial charge in [0.05, 0.1) is 11.0 Å². The Morgan fingerprint density at radius 1 is 1.13 bits per heavy atom. The predicted molar refractivity (Wildman–Crippen MR) is 122 cm³/mol. The number of benzene rings is 1. The second-order valence-corrected chi connectivity index (χ2v) is 7.53. The Morgan fingerprint density at radius 3 is 2.74 bits per heavy atom. The van der Waals surface area contributed by atoms with Crippen LogP contribution in [-0.2, 0) is 0 Å². The van der Waals surface area contributed by atoms with Crippen LogP contribution in [0.25, 0.3) is 22.5 Å². The first-order chi connectivity index (χ1) is 14.7. The van der Waals surface area contributed by atoms with E-state index in [4.69, 9.17) is 4.52 Å². The van der Waals surface area contributed by atoms with Crippen LogP contribution in [0, 0.1) is 6.92 Å². The van der Waals surface area contributed by atoms with Crippen LogP contribution in [0.4, 0.5) is 11.8 Å². The van der Waals surface area contributed by atoms with E-state index in [1.807, 2.05) is 24.4 Å². The molecule has 5 rings (SSSR count). The Hall–Kier alpha value is -3.01. The Morgan fingerprint density at radius 2 is 1.97 bits per heavy atom. The number of aromatic amines is 1. The Balaban J connectivity index is 0.00000231. The SMILES string of the molecule is Cc1noc(-c2ccc3nc(Nc4cc(C(C)N5CCNCC5)ccn4)[nH]c3c2)n1.Cl. The molecule has 4 aromatic rings. The fourth-order valence-corrected chi connectivity index (χ4v) is 3.79. The monoisotopic (exact) mass is 440 g/mol. The molecular formula is C21H25ClN8O. The van der Waals surface area contributed by atoms with E-state index in [0.29, 0.717) is 23.7 Å². The van der Waals surface area contributed by atoms with Gasteiger partial charge in [0.15, 0.2) is 5.82 Å². The van der Waals surface area contributed by atoms with Gasteiger partial charge in [0.25, 0.3) is 5.89 Å². The van der Waals surface area contributed by atoms with Gasteiger partial charge in [-0.2, -0.15) is 4.98 Å². The highest BCUT2D eigenvalue weighted by molar-refractivity contribution is 5.85. The summed E-state index contributed by atoms with van der Waals surface area (Å²) >= 11 is 0. The van der Waals surface area contributed by atoms with Crippen LogP contribution in [0.1, 0.15) is 24.4 Å². The maximum Gasteiger partial charge on any atom is 0.257 e. The van der Waals surface area contributed by atoms with Gasteiger partial charge in [0.1, 0.15) is 5.82 Å². The lowest BCUT2D eigenvalue weighted by atomic mass is 10.1. The smallest absolute Gasteiger partial charge is 0.257 e. The molecule has 1 atom stereocenters. The molecule has 1 fully saturated rings. The number of imidazole rings is 1. The van der Waals surface area contributed by atoms with Crippen molar-refractivity contribution in [3.63, 3.8) is 0 Å². The highest BCUT2D eigenvalue weighted by atomic mass is 35.5. The van der Waals surface area contributed by atoms with E-state index < -0.39 is 0 Å². The first-order valence-corrected chi connectivity index (χ1v) is 10.1. The molecule has 4 heterocycles. The predicted octanol–water partition coefficient (Wildman–Crippen LogP) is 3.45. The molecule has 1 aromatic carbocycles. The van der Waals surface area contributed by atoms with Gasteiger partial charge < -0.3 is 20.1 Å². The summed E-state index contributed by atoms with van der Waals surface area (Å²) in [6.45, 7) is 8.21. The molecule has 3 aromatic heterocycles. The minimum absolute atomic E-state index is 0. The number of nitrogens with zero attached hydrogens (tertiary/aromatic N) is 5. The Kier molecular flexibility index (Phi) is 6.17. The molecule has 10 heteroatoms.